The van der Waals surface area contributed by atoms with Crippen molar-refractivity contribution >= 4 is 34.1 Å². The zero-order chi connectivity index (χ0) is 14.8. The third-order valence-electron chi connectivity index (χ3n) is 3.07. The van der Waals surface area contributed by atoms with Crippen LogP contribution in [0, 0.1) is 5.82 Å². The molecule has 5 heteroatoms. The predicted octanol–water partition coefficient (Wildman–Crippen LogP) is 4.28. The zero-order valence-corrected chi connectivity index (χ0v) is 11.6. The van der Waals surface area contributed by atoms with Crippen molar-refractivity contribution in [3.05, 3.63) is 71.1 Å². The fraction of sp³-hybridized carbons (Fsp3) is 0. The van der Waals surface area contributed by atoms with Gasteiger partial charge in [0.05, 0.1) is 11.2 Å². The first-order chi connectivity index (χ1) is 10.1. The molecule has 21 heavy (non-hydrogen) atoms. The van der Waals surface area contributed by atoms with E-state index in [1.165, 1.54) is 12.1 Å². The smallest absolute Gasteiger partial charge is 0.256 e. The number of benzene rings is 2. The molecule has 0 aliphatic carbocycles. The maximum atomic E-state index is 13.7. The Morgan fingerprint density at radius 3 is 2.81 bits per heavy atom. The molecule has 1 heterocycles. The first-order valence-electron chi connectivity index (χ1n) is 6.25. The van der Waals surface area contributed by atoms with Crippen molar-refractivity contribution in [2.24, 2.45) is 0 Å². The van der Waals surface area contributed by atoms with Gasteiger partial charge >= 0.3 is 0 Å². The second-order valence-electron chi connectivity index (χ2n) is 4.45. The molecule has 3 nitrogen and oxygen atoms in total. The number of carbonyl (C=O) groups is 1. The highest BCUT2D eigenvalue weighted by Crippen LogP contribution is 2.21. The van der Waals surface area contributed by atoms with Gasteiger partial charge in [-0.25, -0.2) is 4.39 Å². The topological polar surface area (TPSA) is 42.0 Å². The van der Waals surface area contributed by atoms with Crippen molar-refractivity contribution in [2.45, 2.75) is 0 Å². The summed E-state index contributed by atoms with van der Waals surface area (Å²) in [7, 11) is 0. The molecule has 0 bridgehead atoms. The molecule has 1 amide bonds. The van der Waals surface area contributed by atoms with E-state index in [0.717, 1.165) is 6.07 Å². The third kappa shape index (κ3) is 2.71. The Morgan fingerprint density at radius 1 is 1.14 bits per heavy atom. The van der Waals surface area contributed by atoms with Crippen molar-refractivity contribution < 1.29 is 9.18 Å². The molecule has 0 atom stereocenters. The van der Waals surface area contributed by atoms with Gasteiger partial charge in [0, 0.05) is 22.2 Å². The number of anilines is 1. The molecule has 3 rings (SSSR count). The number of rotatable bonds is 2. The quantitative estimate of drug-likeness (QED) is 0.767. The average molecular weight is 301 g/mol. The minimum absolute atomic E-state index is 0.0882. The van der Waals surface area contributed by atoms with E-state index in [1.54, 1.807) is 30.5 Å². The maximum absolute atomic E-state index is 13.7. The molecule has 0 aliphatic heterocycles. The predicted molar refractivity (Wildman–Crippen MR) is 81.1 cm³/mol. The van der Waals surface area contributed by atoms with Gasteiger partial charge in [0.1, 0.15) is 5.82 Å². The van der Waals surface area contributed by atoms with Crippen molar-refractivity contribution in [3.8, 4) is 0 Å². The Kier molecular flexibility index (Phi) is 3.54. The SMILES string of the molecule is O=C(Nc1ccc(Cl)cc1F)c1cccc2ncccc12. The lowest BCUT2D eigenvalue weighted by atomic mass is 10.1. The zero-order valence-electron chi connectivity index (χ0n) is 10.8. The Balaban J connectivity index is 1.97. The first kappa shape index (κ1) is 13.5. The monoisotopic (exact) mass is 300 g/mol. The van der Waals surface area contributed by atoms with Crippen LogP contribution in [0.15, 0.2) is 54.7 Å². The normalized spacial score (nSPS) is 10.6. The number of amides is 1. The lowest BCUT2D eigenvalue weighted by Gasteiger charge is -2.08. The summed E-state index contributed by atoms with van der Waals surface area (Å²) < 4.78 is 13.7. The number of carbonyl (C=O) groups excluding carboxylic acids is 1. The lowest BCUT2D eigenvalue weighted by Crippen LogP contribution is -2.13. The molecule has 0 unspecified atom stereocenters. The molecule has 2 aromatic carbocycles. The summed E-state index contributed by atoms with van der Waals surface area (Å²) in [6, 6.07) is 12.9. The van der Waals surface area contributed by atoms with Gasteiger partial charge < -0.3 is 5.32 Å². The molecule has 1 aromatic heterocycles. The van der Waals surface area contributed by atoms with Crippen molar-refractivity contribution in [1.29, 1.82) is 0 Å². The summed E-state index contributed by atoms with van der Waals surface area (Å²) in [5.41, 5.74) is 1.24. The molecule has 0 fully saturated rings. The summed E-state index contributed by atoms with van der Waals surface area (Å²) >= 11 is 5.69. The summed E-state index contributed by atoms with van der Waals surface area (Å²) in [5.74, 6) is -0.968. The second-order valence-corrected chi connectivity index (χ2v) is 4.89. The van der Waals surface area contributed by atoms with Crippen LogP contribution >= 0.6 is 11.6 Å². The number of pyridine rings is 1. The van der Waals surface area contributed by atoms with E-state index in [4.69, 9.17) is 11.6 Å². The number of aromatic nitrogens is 1. The van der Waals surface area contributed by atoms with Gasteiger partial charge in [-0.15, -0.1) is 0 Å². The molecule has 0 saturated heterocycles. The van der Waals surface area contributed by atoms with Crippen LogP contribution in [0.3, 0.4) is 0 Å². The van der Waals surface area contributed by atoms with E-state index in [-0.39, 0.29) is 10.7 Å². The second kappa shape index (κ2) is 5.50. The molecule has 0 spiro atoms. The Hall–Kier alpha value is -2.46. The van der Waals surface area contributed by atoms with Crippen molar-refractivity contribution in [1.82, 2.24) is 4.98 Å². The van der Waals surface area contributed by atoms with Crippen LogP contribution < -0.4 is 5.32 Å². The first-order valence-corrected chi connectivity index (χ1v) is 6.63. The van der Waals surface area contributed by atoms with Crippen LogP contribution in [0.2, 0.25) is 5.02 Å². The van der Waals surface area contributed by atoms with Gasteiger partial charge in [-0.3, -0.25) is 9.78 Å². The molecule has 0 radical (unpaired) electrons. The van der Waals surface area contributed by atoms with E-state index in [1.807, 2.05) is 6.07 Å². The van der Waals surface area contributed by atoms with Gasteiger partial charge in [0.25, 0.3) is 5.91 Å². The van der Waals surface area contributed by atoms with Gasteiger partial charge in [-0.1, -0.05) is 23.7 Å². The van der Waals surface area contributed by atoms with Gasteiger partial charge in [0.2, 0.25) is 0 Å². The molecular weight excluding hydrogens is 291 g/mol. The van der Waals surface area contributed by atoms with Gasteiger partial charge in [-0.2, -0.15) is 0 Å². The van der Waals surface area contributed by atoms with Crippen LogP contribution in [0.5, 0.6) is 0 Å². The van der Waals surface area contributed by atoms with Crippen LogP contribution in [-0.4, -0.2) is 10.9 Å². The molecule has 1 N–H and O–H groups in total. The van der Waals surface area contributed by atoms with Crippen LogP contribution in [0.25, 0.3) is 10.9 Å². The van der Waals surface area contributed by atoms with Gasteiger partial charge in [0.15, 0.2) is 0 Å². The fourth-order valence-corrected chi connectivity index (χ4v) is 2.24. The number of halogens is 2. The van der Waals surface area contributed by atoms with E-state index >= 15 is 0 Å². The highest BCUT2D eigenvalue weighted by molar-refractivity contribution is 6.30. The summed E-state index contributed by atoms with van der Waals surface area (Å²) in [4.78, 5) is 16.5. The molecule has 0 aliphatic rings. The number of nitrogens with zero attached hydrogens (tertiary/aromatic N) is 1. The third-order valence-corrected chi connectivity index (χ3v) is 3.30. The Morgan fingerprint density at radius 2 is 2.00 bits per heavy atom. The van der Waals surface area contributed by atoms with E-state index in [9.17, 15) is 9.18 Å². The number of hydrogen-bond acceptors (Lipinski definition) is 2. The van der Waals surface area contributed by atoms with E-state index < -0.39 is 11.7 Å². The van der Waals surface area contributed by atoms with E-state index in [2.05, 4.69) is 10.3 Å². The van der Waals surface area contributed by atoms with Crippen molar-refractivity contribution in [3.63, 3.8) is 0 Å². The largest absolute Gasteiger partial charge is 0.319 e. The standard InChI is InChI=1S/C16H10ClFN2O/c17-10-6-7-15(13(18)9-10)20-16(21)12-3-1-5-14-11(12)4-2-8-19-14/h1-9H,(H,20,21). The molecular formula is C16H10ClFN2O. The summed E-state index contributed by atoms with van der Waals surface area (Å²) in [5, 5.41) is 3.54. The van der Waals surface area contributed by atoms with Gasteiger partial charge in [-0.05, 0) is 36.4 Å². The minimum atomic E-state index is -0.575. The molecule has 0 saturated carbocycles. The summed E-state index contributed by atoms with van der Waals surface area (Å²) in [6.07, 6.45) is 1.66. The lowest BCUT2D eigenvalue weighted by molar-refractivity contribution is 0.102. The Labute approximate surface area is 125 Å². The van der Waals surface area contributed by atoms with Crippen LogP contribution in [-0.2, 0) is 0 Å². The number of hydrogen-bond donors (Lipinski definition) is 1. The molecule has 3 aromatic rings. The fourth-order valence-electron chi connectivity index (χ4n) is 2.08. The van der Waals surface area contributed by atoms with Crippen LogP contribution in [0.4, 0.5) is 10.1 Å². The van der Waals surface area contributed by atoms with E-state index in [0.29, 0.717) is 16.5 Å². The maximum Gasteiger partial charge on any atom is 0.256 e. The van der Waals surface area contributed by atoms with Crippen molar-refractivity contribution in [2.75, 3.05) is 5.32 Å². The van der Waals surface area contributed by atoms with Crippen LogP contribution in [0.1, 0.15) is 10.4 Å². The Bertz CT molecular complexity index is 830. The average Bonchev–Trinajstić information content (AvgIpc) is 2.49. The molecule has 104 valence electrons. The minimum Gasteiger partial charge on any atom is -0.319 e. The summed E-state index contributed by atoms with van der Waals surface area (Å²) in [6.45, 7) is 0. The highest BCUT2D eigenvalue weighted by atomic mass is 35.5. The highest BCUT2D eigenvalue weighted by Gasteiger charge is 2.12. The number of fused-ring (bicyclic) bond motifs is 1. The number of nitrogens with one attached hydrogen (secondary N) is 1.